The lowest BCUT2D eigenvalue weighted by molar-refractivity contribution is 0.0995. The van der Waals surface area contributed by atoms with E-state index in [4.69, 9.17) is 5.73 Å². The summed E-state index contributed by atoms with van der Waals surface area (Å²) in [5.41, 5.74) is 6.05. The molecule has 1 aromatic heterocycles. The molecule has 7 heteroatoms. The molecule has 0 aliphatic carbocycles. The summed E-state index contributed by atoms with van der Waals surface area (Å²) >= 11 is 1.34. The monoisotopic (exact) mass is 261 g/mol. The number of amides is 1. The summed E-state index contributed by atoms with van der Waals surface area (Å²) in [4.78, 5) is 15.4. The highest BCUT2D eigenvalue weighted by Gasteiger charge is 2.14. The number of anilines is 2. The van der Waals surface area contributed by atoms with Crippen molar-refractivity contribution < 1.29 is 4.79 Å². The highest BCUT2D eigenvalue weighted by atomic mass is 32.2. The number of aromatic nitrogens is 3. The van der Waals surface area contributed by atoms with Gasteiger partial charge in [-0.05, 0) is 18.4 Å². The van der Waals surface area contributed by atoms with E-state index in [1.807, 2.05) is 36.6 Å². The molecule has 1 heterocycles. The van der Waals surface area contributed by atoms with Crippen LogP contribution in [-0.2, 0) is 0 Å². The van der Waals surface area contributed by atoms with Crippen LogP contribution in [0.3, 0.4) is 0 Å². The van der Waals surface area contributed by atoms with E-state index in [-0.39, 0.29) is 5.69 Å². The molecule has 0 radical (unpaired) electrons. The maximum Gasteiger partial charge on any atom is 0.273 e. The van der Waals surface area contributed by atoms with Crippen molar-refractivity contribution in [1.29, 1.82) is 0 Å². The number of nitrogens with two attached hydrogens (primary N) is 1. The first kappa shape index (κ1) is 12.3. The average molecular weight is 261 g/mol. The molecule has 92 valence electrons. The SMILES string of the molecule is CSc1nnc(C(N)=O)c(Nc2ccccc2)n1. The zero-order valence-corrected chi connectivity index (χ0v) is 10.4. The molecular formula is C11H11N5OS. The van der Waals surface area contributed by atoms with Crippen LogP contribution in [0.15, 0.2) is 35.5 Å². The van der Waals surface area contributed by atoms with Gasteiger partial charge in [0.1, 0.15) is 0 Å². The Morgan fingerprint density at radius 1 is 1.28 bits per heavy atom. The summed E-state index contributed by atoms with van der Waals surface area (Å²) in [5, 5.41) is 11.0. The van der Waals surface area contributed by atoms with Gasteiger partial charge in [-0.1, -0.05) is 30.0 Å². The van der Waals surface area contributed by atoms with E-state index in [1.54, 1.807) is 0 Å². The Balaban J connectivity index is 2.38. The number of hydrogen-bond donors (Lipinski definition) is 2. The Morgan fingerprint density at radius 2 is 2.00 bits per heavy atom. The number of nitrogens with one attached hydrogen (secondary N) is 1. The van der Waals surface area contributed by atoms with Gasteiger partial charge in [-0.15, -0.1) is 10.2 Å². The van der Waals surface area contributed by atoms with Crippen molar-refractivity contribution in [3.8, 4) is 0 Å². The number of thioether (sulfide) groups is 1. The van der Waals surface area contributed by atoms with E-state index >= 15 is 0 Å². The van der Waals surface area contributed by atoms with Crippen molar-refractivity contribution in [2.75, 3.05) is 11.6 Å². The fraction of sp³-hybridized carbons (Fsp3) is 0.0909. The van der Waals surface area contributed by atoms with Crippen LogP contribution in [0.25, 0.3) is 0 Å². The van der Waals surface area contributed by atoms with Gasteiger partial charge in [-0.3, -0.25) is 4.79 Å². The lowest BCUT2D eigenvalue weighted by Crippen LogP contribution is -2.17. The molecule has 1 amide bonds. The Kier molecular flexibility index (Phi) is 3.73. The highest BCUT2D eigenvalue weighted by molar-refractivity contribution is 7.98. The lowest BCUT2D eigenvalue weighted by Gasteiger charge is -2.08. The molecule has 0 bridgehead atoms. The molecule has 0 saturated heterocycles. The molecule has 0 aliphatic heterocycles. The Hall–Kier alpha value is -2.15. The predicted molar refractivity (Wildman–Crippen MR) is 69.9 cm³/mol. The lowest BCUT2D eigenvalue weighted by atomic mass is 10.3. The zero-order chi connectivity index (χ0) is 13.0. The van der Waals surface area contributed by atoms with E-state index in [2.05, 4.69) is 20.5 Å². The maximum atomic E-state index is 11.2. The first-order valence-electron chi connectivity index (χ1n) is 5.11. The third-order valence-corrected chi connectivity index (χ3v) is 2.66. The van der Waals surface area contributed by atoms with Crippen molar-refractivity contribution >= 4 is 29.2 Å². The second-order valence-corrected chi connectivity index (χ2v) is 4.12. The molecule has 0 fully saturated rings. The molecule has 0 spiro atoms. The van der Waals surface area contributed by atoms with Crippen molar-refractivity contribution in [3.05, 3.63) is 36.0 Å². The van der Waals surface area contributed by atoms with Gasteiger partial charge in [0.2, 0.25) is 5.16 Å². The van der Waals surface area contributed by atoms with Crippen molar-refractivity contribution in [2.24, 2.45) is 5.73 Å². The van der Waals surface area contributed by atoms with Gasteiger partial charge in [0.05, 0.1) is 0 Å². The number of primary amides is 1. The third kappa shape index (κ3) is 2.75. The van der Waals surface area contributed by atoms with Crippen LogP contribution >= 0.6 is 11.8 Å². The Labute approximate surface area is 108 Å². The summed E-state index contributed by atoms with van der Waals surface area (Å²) in [6.07, 6.45) is 1.83. The quantitative estimate of drug-likeness (QED) is 0.809. The molecule has 0 atom stereocenters. The van der Waals surface area contributed by atoms with Crippen molar-refractivity contribution in [3.63, 3.8) is 0 Å². The minimum Gasteiger partial charge on any atom is -0.364 e. The first-order chi connectivity index (χ1) is 8.70. The standard InChI is InChI=1S/C11H11N5OS/c1-18-11-14-10(8(9(12)17)15-16-11)13-7-5-3-2-4-6-7/h2-6H,1H3,(H2,12,17)(H,13,14,16). The highest BCUT2D eigenvalue weighted by Crippen LogP contribution is 2.18. The number of para-hydroxylation sites is 1. The average Bonchev–Trinajstić information content (AvgIpc) is 2.39. The Morgan fingerprint density at radius 3 is 2.61 bits per heavy atom. The van der Waals surface area contributed by atoms with E-state index < -0.39 is 5.91 Å². The molecular weight excluding hydrogens is 250 g/mol. The van der Waals surface area contributed by atoms with E-state index in [0.29, 0.717) is 11.0 Å². The minimum absolute atomic E-state index is 0.0247. The second kappa shape index (κ2) is 5.46. The molecule has 18 heavy (non-hydrogen) atoms. The van der Waals surface area contributed by atoms with Gasteiger partial charge in [0.25, 0.3) is 5.91 Å². The molecule has 0 unspecified atom stereocenters. The normalized spacial score (nSPS) is 10.1. The van der Waals surface area contributed by atoms with Crippen LogP contribution in [0.2, 0.25) is 0 Å². The fourth-order valence-corrected chi connectivity index (χ4v) is 1.61. The summed E-state index contributed by atoms with van der Waals surface area (Å²) in [7, 11) is 0. The minimum atomic E-state index is -0.666. The molecule has 0 aliphatic rings. The summed E-state index contributed by atoms with van der Waals surface area (Å²) in [5.74, 6) is -0.353. The van der Waals surface area contributed by atoms with Gasteiger partial charge < -0.3 is 11.1 Å². The van der Waals surface area contributed by atoms with Crippen LogP contribution in [0.1, 0.15) is 10.5 Å². The van der Waals surface area contributed by atoms with E-state index in [0.717, 1.165) is 5.69 Å². The summed E-state index contributed by atoms with van der Waals surface area (Å²) < 4.78 is 0. The van der Waals surface area contributed by atoms with Crippen LogP contribution in [0.5, 0.6) is 0 Å². The topological polar surface area (TPSA) is 93.8 Å². The number of carbonyl (C=O) groups excluding carboxylic acids is 1. The number of nitrogens with zero attached hydrogens (tertiary/aromatic N) is 3. The first-order valence-corrected chi connectivity index (χ1v) is 6.34. The van der Waals surface area contributed by atoms with E-state index in [9.17, 15) is 4.79 Å². The molecule has 2 rings (SSSR count). The Bertz CT molecular complexity index is 561. The zero-order valence-electron chi connectivity index (χ0n) is 9.62. The van der Waals surface area contributed by atoms with Gasteiger partial charge in [-0.25, -0.2) is 4.98 Å². The van der Waals surface area contributed by atoms with Gasteiger partial charge in [-0.2, -0.15) is 0 Å². The molecule has 3 N–H and O–H groups in total. The maximum absolute atomic E-state index is 11.2. The van der Waals surface area contributed by atoms with Crippen molar-refractivity contribution in [1.82, 2.24) is 15.2 Å². The van der Waals surface area contributed by atoms with Gasteiger partial charge in [0.15, 0.2) is 11.5 Å². The molecule has 0 saturated carbocycles. The van der Waals surface area contributed by atoms with Crippen LogP contribution in [0.4, 0.5) is 11.5 Å². The summed E-state index contributed by atoms with van der Waals surface area (Å²) in [6, 6.07) is 9.34. The number of carbonyl (C=O) groups is 1. The predicted octanol–water partition coefficient (Wildman–Crippen LogP) is 1.44. The number of benzene rings is 1. The van der Waals surface area contributed by atoms with E-state index in [1.165, 1.54) is 11.8 Å². The fourth-order valence-electron chi connectivity index (χ4n) is 1.31. The summed E-state index contributed by atoms with van der Waals surface area (Å²) in [6.45, 7) is 0. The van der Waals surface area contributed by atoms with Crippen LogP contribution in [0, 0.1) is 0 Å². The molecule has 2 aromatic rings. The second-order valence-electron chi connectivity index (χ2n) is 3.35. The molecule has 1 aromatic carbocycles. The number of rotatable bonds is 4. The third-order valence-electron chi connectivity index (χ3n) is 2.12. The molecule has 6 nitrogen and oxygen atoms in total. The largest absolute Gasteiger partial charge is 0.364 e. The van der Waals surface area contributed by atoms with Crippen LogP contribution < -0.4 is 11.1 Å². The van der Waals surface area contributed by atoms with Gasteiger partial charge >= 0.3 is 0 Å². The smallest absolute Gasteiger partial charge is 0.273 e. The van der Waals surface area contributed by atoms with Gasteiger partial charge in [0, 0.05) is 5.69 Å². The van der Waals surface area contributed by atoms with Crippen LogP contribution in [-0.4, -0.2) is 27.3 Å². The van der Waals surface area contributed by atoms with Crippen molar-refractivity contribution in [2.45, 2.75) is 5.16 Å². The number of hydrogen-bond acceptors (Lipinski definition) is 6.